The fourth-order valence-electron chi connectivity index (χ4n) is 3.94. The van der Waals surface area contributed by atoms with Gasteiger partial charge in [-0.05, 0) is 67.6 Å². The van der Waals surface area contributed by atoms with Crippen molar-refractivity contribution < 1.29 is 13.2 Å². The molecule has 1 unspecified atom stereocenters. The van der Waals surface area contributed by atoms with Gasteiger partial charge < -0.3 is 5.32 Å². The molecule has 5 nitrogen and oxygen atoms in total. The maximum Gasteiger partial charge on any atom is 0.264 e. The van der Waals surface area contributed by atoms with Gasteiger partial charge in [0.15, 0.2) is 0 Å². The van der Waals surface area contributed by atoms with Gasteiger partial charge >= 0.3 is 0 Å². The van der Waals surface area contributed by atoms with Gasteiger partial charge in [0, 0.05) is 18.7 Å². The number of nitrogens with one attached hydrogen (secondary N) is 1. The fourth-order valence-corrected chi connectivity index (χ4v) is 5.18. The summed E-state index contributed by atoms with van der Waals surface area (Å²) in [4.78, 5) is 13.0. The molecule has 1 aliphatic carbocycles. The first-order chi connectivity index (χ1) is 14.8. The van der Waals surface area contributed by atoms with Crippen LogP contribution in [0.5, 0.6) is 0 Å². The highest BCUT2D eigenvalue weighted by Gasteiger charge is 2.24. The minimum absolute atomic E-state index is 0.0397. The lowest BCUT2D eigenvalue weighted by atomic mass is 9.88. The zero-order valence-corrected chi connectivity index (χ0v) is 18.5. The Morgan fingerprint density at radius 2 is 1.68 bits per heavy atom. The lowest BCUT2D eigenvalue weighted by Crippen LogP contribution is -2.39. The molecule has 6 heteroatoms. The minimum atomic E-state index is -3.78. The van der Waals surface area contributed by atoms with E-state index in [4.69, 9.17) is 0 Å². The van der Waals surface area contributed by atoms with Crippen molar-refractivity contribution >= 4 is 21.6 Å². The van der Waals surface area contributed by atoms with E-state index in [9.17, 15) is 13.2 Å². The molecule has 3 aromatic carbocycles. The van der Waals surface area contributed by atoms with Gasteiger partial charge in [-0.15, -0.1) is 0 Å². The number of amides is 1. The van der Waals surface area contributed by atoms with Crippen LogP contribution in [-0.4, -0.2) is 27.4 Å². The molecule has 1 aliphatic rings. The van der Waals surface area contributed by atoms with E-state index in [-0.39, 0.29) is 16.8 Å². The molecule has 4 rings (SSSR count). The Labute approximate surface area is 183 Å². The number of sulfonamides is 1. The first-order valence-electron chi connectivity index (χ1n) is 10.4. The Hall–Kier alpha value is -3.12. The van der Waals surface area contributed by atoms with E-state index in [1.54, 1.807) is 24.3 Å². The number of carbonyl (C=O) groups excluding carboxylic acids is 1. The van der Waals surface area contributed by atoms with Crippen molar-refractivity contribution in [1.82, 2.24) is 5.32 Å². The molecule has 31 heavy (non-hydrogen) atoms. The number of fused-ring (bicyclic) bond motifs is 1. The van der Waals surface area contributed by atoms with Crippen molar-refractivity contribution in [2.45, 2.75) is 37.1 Å². The van der Waals surface area contributed by atoms with Gasteiger partial charge in [-0.1, -0.05) is 48.0 Å². The maximum absolute atomic E-state index is 13.1. The van der Waals surface area contributed by atoms with Crippen molar-refractivity contribution in [2.75, 3.05) is 11.4 Å². The number of benzene rings is 3. The summed E-state index contributed by atoms with van der Waals surface area (Å²) in [6, 6.07) is 21.8. The first kappa shape index (κ1) is 21.1. The van der Waals surface area contributed by atoms with Gasteiger partial charge in [0.05, 0.1) is 10.6 Å². The standard InChI is InChI=1S/C25H26N2O3S/c1-18-10-14-23(15-11-18)27(2)31(29,30)24-9-5-8-21(17-24)25(28)26-22-13-12-19-6-3-4-7-20(19)16-22/h3-11,14-15,17,22H,12-13,16H2,1-2H3,(H,26,28). The molecule has 0 heterocycles. The second-order valence-corrected chi connectivity index (χ2v) is 9.99. The molecule has 1 amide bonds. The summed E-state index contributed by atoms with van der Waals surface area (Å²) in [5.41, 5.74) is 4.56. The van der Waals surface area contributed by atoms with Crippen LogP contribution in [0.3, 0.4) is 0 Å². The van der Waals surface area contributed by atoms with E-state index in [0.717, 1.165) is 24.8 Å². The molecule has 3 aromatic rings. The maximum atomic E-state index is 13.1. The lowest BCUT2D eigenvalue weighted by molar-refractivity contribution is 0.0933. The van der Waals surface area contributed by atoms with Crippen LogP contribution >= 0.6 is 0 Å². The van der Waals surface area contributed by atoms with Crippen LogP contribution in [0.4, 0.5) is 5.69 Å². The third-order valence-electron chi connectivity index (χ3n) is 5.83. The van der Waals surface area contributed by atoms with E-state index in [2.05, 4.69) is 17.4 Å². The van der Waals surface area contributed by atoms with Gasteiger partial charge in [-0.2, -0.15) is 0 Å². The molecule has 160 valence electrons. The molecule has 0 saturated carbocycles. The SMILES string of the molecule is Cc1ccc(N(C)S(=O)(=O)c2cccc(C(=O)NC3CCc4ccccc4C3)c2)cc1. The Kier molecular flexibility index (Phi) is 5.83. The van der Waals surface area contributed by atoms with E-state index < -0.39 is 10.0 Å². The molecule has 0 saturated heterocycles. The topological polar surface area (TPSA) is 66.5 Å². The van der Waals surface area contributed by atoms with Crippen LogP contribution in [0.2, 0.25) is 0 Å². The molecule has 0 bridgehead atoms. The summed E-state index contributed by atoms with van der Waals surface area (Å²) in [7, 11) is -2.26. The summed E-state index contributed by atoms with van der Waals surface area (Å²) < 4.78 is 27.5. The highest BCUT2D eigenvalue weighted by atomic mass is 32.2. The molecule has 0 aliphatic heterocycles. The van der Waals surface area contributed by atoms with Crippen LogP contribution in [0.25, 0.3) is 0 Å². The number of nitrogens with zero attached hydrogens (tertiary/aromatic N) is 1. The average molecular weight is 435 g/mol. The first-order valence-corrected chi connectivity index (χ1v) is 11.8. The second kappa shape index (κ2) is 8.55. The summed E-state index contributed by atoms with van der Waals surface area (Å²) in [5.74, 6) is -0.251. The molecule has 0 spiro atoms. The van der Waals surface area contributed by atoms with E-state index in [1.807, 2.05) is 31.2 Å². The predicted molar refractivity (Wildman–Crippen MR) is 123 cm³/mol. The Morgan fingerprint density at radius 3 is 2.42 bits per heavy atom. The average Bonchev–Trinajstić information content (AvgIpc) is 2.79. The molecule has 0 fully saturated rings. The zero-order valence-electron chi connectivity index (χ0n) is 17.7. The third-order valence-corrected chi connectivity index (χ3v) is 7.62. The highest BCUT2D eigenvalue weighted by Crippen LogP contribution is 2.24. The molecular weight excluding hydrogens is 408 g/mol. The van der Waals surface area contributed by atoms with Crippen LogP contribution in [0.1, 0.15) is 33.5 Å². The quantitative estimate of drug-likeness (QED) is 0.657. The van der Waals surface area contributed by atoms with Crippen molar-refractivity contribution in [1.29, 1.82) is 0 Å². The van der Waals surface area contributed by atoms with Crippen LogP contribution in [0.15, 0.2) is 77.7 Å². The molecule has 0 radical (unpaired) electrons. The van der Waals surface area contributed by atoms with Crippen LogP contribution in [-0.2, 0) is 22.9 Å². The van der Waals surface area contributed by atoms with E-state index in [1.165, 1.54) is 34.6 Å². The van der Waals surface area contributed by atoms with Crippen molar-refractivity contribution in [3.63, 3.8) is 0 Å². The summed E-state index contributed by atoms with van der Waals surface area (Å²) in [5, 5.41) is 3.07. The predicted octanol–water partition coefficient (Wildman–Crippen LogP) is 4.11. The largest absolute Gasteiger partial charge is 0.349 e. The molecule has 1 N–H and O–H groups in total. The second-order valence-electron chi connectivity index (χ2n) is 8.02. The fraction of sp³-hybridized carbons (Fsp3) is 0.240. The van der Waals surface area contributed by atoms with Crippen LogP contribution < -0.4 is 9.62 Å². The highest BCUT2D eigenvalue weighted by molar-refractivity contribution is 7.92. The van der Waals surface area contributed by atoms with Crippen molar-refractivity contribution in [3.8, 4) is 0 Å². The van der Waals surface area contributed by atoms with Crippen molar-refractivity contribution in [3.05, 3.63) is 95.1 Å². The Bertz CT molecular complexity index is 1200. The van der Waals surface area contributed by atoms with Gasteiger partial charge in [0.1, 0.15) is 0 Å². The van der Waals surface area contributed by atoms with Gasteiger partial charge in [-0.3, -0.25) is 9.10 Å². The molecule has 0 aromatic heterocycles. The number of anilines is 1. The number of hydrogen-bond donors (Lipinski definition) is 1. The van der Waals surface area contributed by atoms with Gasteiger partial charge in [-0.25, -0.2) is 8.42 Å². The van der Waals surface area contributed by atoms with Crippen molar-refractivity contribution in [2.24, 2.45) is 0 Å². The summed E-state index contributed by atoms with van der Waals surface area (Å²) in [6.07, 6.45) is 2.59. The minimum Gasteiger partial charge on any atom is -0.349 e. The van der Waals surface area contributed by atoms with Gasteiger partial charge in [0.25, 0.3) is 15.9 Å². The van der Waals surface area contributed by atoms with Crippen LogP contribution in [0, 0.1) is 6.92 Å². The number of hydrogen-bond acceptors (Lipinski definition) is 3. The summed E-state index contributed by atoms with van der Waals surface area (Å²) in [6.45, 7) is 1.95. The molecular formula is C25H26N2O3S. The number of aryl methyl sites for hydroxylation is 2. The Morgan fingerprint density at radius 1 is 0.968 bits per heavy atom. The van der Waals surface area contributed by atoms with E-state index >= 15 is 0 Å². The monoisotopic (exact) mass is 434 g/mol. The number of rotatable bonds is 5. The van der Waals surface area contributed by atoms with Gasteiger partial charge in [0.2, 0.25) is 0 Å². The third kappa shape index (κ3) is 4.49. The Balaban J connectivity index is 1.51. The van der Waals surface area contributed by atoms with E-state index in [0.29, 0.717) is 11.3 Å². The smallest absolute Gasteiger partial charge is 0.264 e. The lowest BCUT2D eigenvalue weighted by Gasteiger charge is -2.25. The molecule has 1 atom stereocenters. The normalized spacial score (nSPS) is 15.7. The number of carbonyl (C=O) groups is 1. The zero-order chi connectivity index (χ0) is 22.0. The summed E-state index contributed by atoms with van der Waals surface area (Å²) >= 11 is 0.